The molecule has 0 unspecified atom stereocenters. The third-order valence-corrected chi connectivity index (χ3v) is 8.24. The first-order valence-electron chi connectivity index (χ1n) is 9.53. The van der Waals surface area contributed by atoms with Gasteiger partial charge in [0, 0.05) is 22.7 Å². The lowest BCUT2D eigenvalue weighted by Crippen LogP contribution is -2.39. The number of carbonyl (C=O) groups is 1. The van der Waals surface area contributed by atoms with Crippen molar-refractivity contribution in [3.05, 3.63) is 73.6 Å². The Morgan fingerprint density at radius 1 is 1.11 bits per heavy atom. The molecule has 4 aromatic rings. The summed E-state index contributed by atoms with van der Waals surface area (Å²) in [5, 5.41) is 5.39. The molecule has 28 heavy (non-hydrogen) atoms. The molecular weight excluding hydrogens is 404 g/mol. The van der Waals surface area contributed by atoms with Gasteiger partial charge in [-0.1, -0.05) is 18.2 Å². The van der Waals surface area contributed by atoms with Crippen LogP contribution in [0.15, 0.2) is 53.2 Å². The molecule has 1 aromatic carbocycles. The second-order valence-corrected chi connectivity index (χ2v) is 10.1. The molecule has 5 rings (SSSR count). The van der Waals surface area contributed by atoms with E-state index in [2.05, 4.69) is 46.0 Å². The van der Waals surface area contributed by atoms with Gasteiger partial charge in [-0.2, -0.15) is 0 Å². The number of thiophene rings is 2. The van der Waals surface area contributed by atoms with E-state index in [9.17, 15) is 4.79 Å². The molecule has 1 aliphatic heterocycles. The van der Waals surface area contributed by atoms with E-state index in [0.29, 0.717) is 6.42 Å². The Bertz CT molecular complexity index is 1060. The highest BCUT2D eigenvalue weighted by molar-refractivity contribution is 7.18. The lowest BCUT2D eigenvalue weighted by Gasteiger charge is -2.35. The van der Waals surface area contributed by atoms with Crippen LogP contribution >= 0.6 is 34.0 Å². The van der Waals surface area contributed by atoms with Gasteiger partial charge < -0.3 is 4.90 Å². The molecule has 0 fully saturated rings. The first-order chi connectivity index (χ1) is 13.8. The summed E-state index contributed by atoms with van der Waals surface area (Å²) in [6, 6.07) is 14.8. The van der Waals surface area contributed by atoms with Crippen LogP contribution in [0.4, 0.5) is 0 Å². The molecule has 0 aliphatic carbocycles. The number of carbonyl (C=O) groups excluding carboxylic acids is 1. The van der Waals surface area contributed by atoms with E-state index in [-0.39, 0.29) is 11.9 Å². The van der Waals surface area contributed by atoms with Gasteiger partial charge in [-0.3, -0.25) is 4.79 Å². The van der Waals surface area contributed by atoms with E-state index in [1.807, 2.05) is 23.5 Å². The number of aryl methyl sites for hydroxylation is 1. The summed E-state index contributed by atoms with van der Waals surface area (Å²) < 4.78 is 1.22. The predicted octanol–water partition coefficient (Wildman–Crippen LogP) is 5.92. The Labute approximate surface area is 176 Å². The molecule has 4 heterocycles. The fourth-order valence-corrected chi connectivity index (χ4v) is 6.67. The number of rotatable bonds is 5. The van der Waals surface area contributed by atoms with Gasteiger partial charge in [0.15, 0.2) is 0 Å². The van der Waals surface area contributed by atoms with Crippen molar-refractivity contribution in [3.63, 3.8) is 0 Å². The topological polar surface area (TPSA) is 33.2 Å². The fraction of sp³-hybridized carbons (Fsp3) is 0.273. The second kappa shape index (κ2) is 7.78. The minimum atomic E-state index is 0.0879. The van der Waals surface area contributed by atoms with Gasteiger partial charge in [0.2, 0.25) is 5.91 Å². The van der Waals surface area contributed by atoms with Crippen molar-refractivity contribution in [2.24, 2.45) is 0 Å². The molecule has 1 amide bonds. The van der Waals surface area contributed by atoms with E-state index >= 15 is 0 Å². The van der Waals surface area contributed by atoms with Crippen LogP contribution in [-0.2, 0) is 17.6 Å². The maximum absolute atomic E-state index is 13.1. The van der Waals surface area contributed by atoms with Gasteiger partial charge in [0.1, 0.15) is 0 Å². The summed E-state index contributed by atoms with van der Waals surface area (Å²) in [7, 11) is 0. The summed E-state index contributed by atoms with van der Waals surface area (Å²) in [6.45, 7) is 0.816. The molecule has 0 saturated carbocycles. The molecular formula is C22H20N2OS3. The quantitative estimate of drug-likeness (QED) is 0.399. The zero-order chi connectivity index (χ0) is 18.9. The van der Waals surface area contributed by atoms with Gasteiger partial charge in [-0.25, -0.2) is 4.98 Å². The molecule has 3 aromatic heterocycles. The van der Waals surface area contributed by atoms with Crippen LogP contribution in [-0.4, -0.2) is 22.3 Å². The van der Waals surface area contributed by atoms with Crippen LogP contribution in [0.3, 0.4) is 0 Å². The van der Waals surface area contributed by atoms with Crippen molar-refractivity contribution < 1.29 is 4.79 Å². The molecule has 0 N–H and O–H groups in total. The standard InChI is InChI=1S/C22H20N2OS3/c25-21(9-3-8-20-23-16-5-1-2-6-18(16)28-20)24-12-10-17-15(11-14-27-17)22(24)19-7-4-13-26-19/h1-2,4-7,11,13-14,22H,3,8-10,12H2/t22-/m0/s1. The van der Waals surface area contributed by atoms with Crippen LogP contribution in [0.5, 0.6) is 0 Å². The fourth-order valence-electron chi connectivity index (χ4n) is 3.90. The monoisotopic (exact) mass is 424 g/mol. The Kier molecular flexibility index (Phi) is 5.01. The van der Waals surface area contributed by atoms with Crippen molar-refractivity contribution in [1.82, 2.24) is 9.88 Å². The smallest absolute Gasteiger partial charge is 0.223 e. The van der Waals surface area contributed by atoms with Crippen LogP contribution in [0.25, 0.3) is 10.2 Å². The van der Waals surface area contributed by atoms with Crippen molar-refractivity contribution in [2.75, 3.05) is 6.54 Å². The van der Waals surface area contributed by atoms with E-state index in [1.165, 1.54) is 20.0 Å². The number of amides is 1. The lowest BCUT2D eigenvalue weighted by molar-refractivity contribution is -0.133. The van der Waals surface area contributed by atoms with Gasteiger partial charge in [0.25, 0.3) is 0 Å². The Balaban J connectivity index is 1.29. The third-order valence-electron chi connectivity index (χ3n) is 5.22. The highest BCUT2D eigenvalue weighted by atomic mass is 32.1. The summed E-state index contributed by atoms with van der Waals surface area (Å²) in [6.07, 6.45) is 3.27. The number of benzene rings is 1. The number of thiazole rings is 1. The SMILES string of the molecule is O=C(CCCc1nc2ccccc2s1)N1CCc2sccc2[C@H]1c1cccs1. The van der Waals surface area contributed by atoms with Gasteiger partial charge in [0.05, 0.1) is 21.3 Å². The number of nitrogens with zero attached hydrogens (tertiary/aromatic N) is 2. The number of para-hydroxylation sites is 1. The molecule has 0 bridgehead atoms. The molecule has 6 heteroatoms. The van der Waals surface area contributed by atoms with Crippen LogP contribution in [0.1, 0.15) is 39.2 Å². The predicted molar refractivity (Wildman–Crippen MR) is 118 cm³/mol. The van der Waals surface area contributed by atoms with E-state index in [0.717, 1.165) is 36.3 Å². The second-order valence-electron chi connectivity index (χ2n) is 6.98. The van der Waals surface area contributed by atoms with Crippen LogP contribution < -0.4 is 0 Å². The largest absolute Gasteiger partial charge is 0.330 e. The van der Waals surface area contributed by atoms with Gasteiger partial charge >= 0.3 is 0 Å². The van der Waals surface area contributed by atoms with Gasteiger partial charge in [-0.05, 0) is 59.9 Å². The molecule has 3 nitrogen and oxygen atoms in total. The highest BCUT2D eigenvalue weighted by Crippen LogP contribution is 2.39. The maximum atomic E-state index is 13.1. The van der Waals surface area contributed by atoms with E-state index in [1.54, 1.807) is 22.7 Å². The molecule has 0 radical (unpaired) electrons. The molecule has 1 atom stereocenters. The minimum absolute atomic E-state index is 0.0879. The Hall–Kier alpha value is -2.02. The zero-order valence-electron chi connectivity index (χ0n) is 15.3. The average Bonchev–Trinajstić information content (AvgIpc) is 3.46. The first kappa shape index (κ1) is 18.0. The molecule has 142 valence electrons. The lowest BCUT2D eigenvalue weighted by atomic mass is 9.98. The first-order valence-corrected chi connectivity index (χ1v) is 12.1. The Morgan fingerprint density at radius 3 is 2.89 bits per heavy atom. The number of aromatic nitrogens is 1. The zero-order valence-corrected chi connectivity index (χ0v) is 17.8. The van der Waals surface area contributed by atoms with Crippen molar-refractivity contribution in [2.45, 2.75) is 31.7 Å². The van der Waals surface area contributed by atoms with Crippen LogP contribution in [0.2, 0.25) is 0 Å². The summed E-state index contributed by atoms with van der Waals surface area (Å²) in [4.78, 5) is 22.6. The number of fused-ring (bicyclic) bond motifs is 2. The van der Waals surface area contributed by atoms with Crippen molar-refractivity contribution >= 4 is 50.1 Å². The summed E-state index contributed by atoms with van der Waals surface area (Å²) in [5.41, 5.74) is 2.38. The average molecular weight is 425 g/mol. The Morgan fingerprint density at radius 2 is 2.04 bits per heavy atom. The van der Waals surface area contributed by atoms with Crippen LogP contribution in [0, 0.1) is 0 Å². The number of hydrogen-bond acceptors (Lipinski definition) is 5. The third kappa shape index (κ3) is 3.41. The number of hydrogen-bond donors (Lipinski definition) is 0. The normalized spacial score (nSPS) is 16.4. The van der Waals surface area contributed by atoms with E-state index < -0.39 is 0 Å². The van der Waals surface area contributed by atoms with E-state index in [4.69, 9.17) is 4.98 Å². The summed E-state index contributed by atoms with van der Waals surface area (Å²) >= 11 is 5.30. The minimum Gasteiger partial charge on any atom is -0.330 e. The maximum Gasteiger partial charge on any atom is 0.223 e. The molecule has 1 aliphatic rings. The highest BCUT2D eigenvalue weighted by Gasteiger charge is 2.32. The summed E-state index contributed by atoms with van der Waals surface area (Å²) in [5.74, 6) is 0.261. The van der Waals surface area contributed by atoms with Crippen molar-refractivity contribution in [1.29, 1.82) is 0 Å². The molecule has 0 saturated heterocycles. The molecule has 0 spiro atoms. The van der Waals surface area contributed by atoms with Gasteiger partial charge in [-0.15, -0.1) is 34.0 Å². The van der Waals surface area contributed by atoms with Crippen molar-refractivity contribution in [3.8, 4) is 0 Å².